The van der Waals surface area contributed by atoms with Crippen LogP contribution in [0.25, 0.3) is 0 Å². The zero-order valence-electron chi connectivity index (χ0n) is 16.9. The largest absolute Gasteiger partial charge is 0.466 e. The molecule has 0 amide bonds. The molecule has 1 aromatic carbocycles. The number of nitrogens with zero attached hydrogens (tertiary/aromatic N) is 2. The Morgan fingerprint density at radius 2 is 1.86 bits per heavy atom. The van der Waals surface area contributed by atoms with Gasteiger partial charge in [0.15, 0.2) is 16.4 Å². The molecule has 2 rings (SSSR count). The van der Waals surface area contributed by atoms with Gasteiger partial charge in [-0.15, -0.1) is 0 Å². The molecule has 0 bridgehead atoms. The number of aromatic nitrogens is 2. The molecule has 10 heteroatoms. The smallest absolute Gasteiger partial charge is 0.343 e. The number of hydrogen-bond acceptors (Lipinski definition) is 7. The molecule has 0 radical (unpaired) electrons. The SMILES string of the molecule is CCn1ncc(C(=O)c2cc(C)c(S(=O)(=O)CC)c(C)c2Cl)c1OCC(=O)OC. The van der Waals surface area contributed by atoms with Gasteiger partial charge in [-0.3, -0.25) is 4.79 Å². The van der Waals surface area contributed by atoms with Crippen LogP contribution < -0.4 is 4.74 Å². The van der Waals surface area contributed by atoms with Crippen molar-refractivity contribution >= 4 is 33.2 Å². The first-order valence-electron chi connectivity index (χ1n) is 8.91. The van der Waals surface area contributed by atoms with Crippen molar-refractivity contribution in [2.75, 3.05) is 19.5 Å². The molecule has 0 fully saturated rings. The summed E-state index contributed by atoms with van der Waals surface area (Å²) in [6.45, 7) is 6.56. The summed E-state index contributed by atoms with van der Waals surface area (Å²) in [5, 5.41) is 4.16. The Hall–Kier alpha value is -2.39. The van der Waals surface area contributed by atoms with E-state index in [0.29, 0.717) is 17.7 Å². The zero-order valence-corrected chi connectivity index (χ0v) is 18.5. The molecule has 0 N–H and O–H groups in total. The van der Waals surface area contributed by atoms with Crippen molar-refractivity contribution in [3.63, 3.8) is 0 Å². The molecule has 0 spiro atoms. The summed E-state index contributed by atoms with van der Waals surface area (Å²) in [7, 11) is -2.28. The lowest BCUT2D eigenvalue weighted by Crippen LogP contribution is -2.17. The van der Waals surface area contributed by atoms with Crippen LogP contribution >= 0.6 is 11.6 Å². The maximum absolute atomic E-state index is 13.2. The molecule has 0 aliphatic heterocycles. The Morgan fingerprint density at radius 1 is 1.21 bits per heavy atom. The summed E-state index contributed by atoms with van der Waals surface area (Å²) < 4.78 is 36.2. The number of halogens is 1. The van der Waals surface area contributed by atoms with Crippen LogP contribution in [0.3, 0.4) is 0 Å². The maximum Gasteiger partial charge on any atom is 0.343 e. The number of benzene rings is 1. The summed E-state index contributed by atoms with van der Waals surface area (Å²) >= 11 is 6.39. The maximum atomic E-state index is 13.2. The van der Waals surface area contributed by atoms with E-state index in [-0.39, 0.29) is 39.3 Å². The molecule has 0 saturated heterocycles. The summed E-state index contributed by atoms with van der Waals surface area (Å²) in [6.07, 6.45) is 1.33. The molecule has 158 valence electrons. The number of hydrogen-bond donors (Lipinski definition) is 0. The van der Waals surface area contributed by atoms with Crippen molar-refractivity contribution in [2.45, 2.75) is 39.1 Å². The molecule has 0 saturated carbocycles. The summed E-state index contributed by atoms with van der Waals surface area (Å²) in [5.41, 5.74) is 0.992. The predicted octanol–water partition coefficient (Wildman–Crippen LogP) is 2.75. The Kier molecular flexibility index (Phi) is 7.07. The Morgan fingerprint density at radius 3 is 2.41 bits per heavy atom. The van der Waals surface area contributed by atoms with E-state index < -0.39 is 21.6 Å². The van der Waals surface area contributed by atoms with E-state index in [1.54, 1.807) is 27.7 Å². The van der Waals surface area contributed by atoms with Crippen molar-refractivity contribution < 1.29 is 27.5 Å². The quantitative estimate of drug-likeness (QED) is 0.457. The molecule has 1 heterocycles. The number of carbonyl (C=O) groups excluding carboxylic acids is 2. The van der Waals surface area contributed by atoms with E-state index >= 15 is 0 Å². The van der Waals surface area contributed by atoms with Gasteiger partial charge in [0.05, 0.1) is 29.0 Å². The number of rotatable bonds is 8. The van der Waals surface area contributed by atoms with E-state index in [4.69, 9.17) is 16.3 Å². The first-order valence-corrected chi connectivity index (χ1v) is 10.9. The van der Waals surface area contributed by atoms with Gasteiger partial charge in [0.1, 0.15) is 5.56 Å². The highest BCUT2D eigenvalue weighted by molar-refractivity contribution is 7.91. The first-order chi connectivity index (χ1) is 13.6. The number of ether oxygens (including phenoxy) is 2. The molecule has 1 aromatic heterocycles. The number of aryl methyl sites for hydroxylation is 2. The Balaban J connectivity index is 2.56. The highest BCUT2D eigenvalue weighted by atomic mass is 35.5. The van der Waals surface area contributed by atoms with Gasteiger partial charge in [-0.05, 0) is 38.0 Å². The molecule has 0 aliphatic rings. The van der Waals surface area contributed by atoms with Gasteiger partial charge in [0, 0.05) is 12.1 Å². The van der Waals surface area contributed by atoms with Crippen LogP contribution in [-0.4, -0.2) is 49.4 Å². The highest BCUT2D eigenvalue weighted by Gasteiger charge is 2.27. The fraction of sp³-hybridized carbons (Fsp3) is 0.421. The van der Waals surface area contributed by atoms with E-state index in [1.165, 1.54) is 24.1 Å². The molecule has 2 aromatic rings. The number of sulfone groups is 1. The monoisotopic (exact) mass is 442 g/mol. The standard InChI is InChI=1S/C19H23ClN2O6S/c1-6-22-19(28-10-15(23)27-5)14(9-21-22)17(24)13-8-11(3)18(12(4)16(13)20)29(25,26)7-2/h8-9H,6-7,10H2,1-5H3. The van der Waals surface area contributed by atoms with Crippen molar-refractivity contribution in [2.24, 2.45) is 0 Å². The molecule has 0 unspecified atom stereocenters. The van der Waals surface area contributed by atoms with Crippen LogP contribution in [0, 0.1) is 13.8 Å². The lowest BCUT2D eigenvalue weighted by molar-refractivity contribution is -0.143. The topological polar surface area (TPSA) is 105 Å². The van der Waals surface area contributed by atoms with Gasteiger partial charge in [-0.1, -0.05) is 18.5 Å². The number of methoxy groups -OCH3 is 1. The lowest BCUT2D eigenvalue weighted by atomic mass is 10.0. The van der Waals surface area contributed by atoms with E-state index in [9.17, 15) is 18.0 Å². The van der Waals surface area contributed by atoms with Gasteiger partial charge in [-0.2, -0.15) is 5.10 Å². The minimum Gasteiger partial charge on any atom is -0.466 e. The van der Waals surface area contributed by atoms with Crippen LogP contribution in [0.4, 0.5) is 0 Å². The summed E-state index contributed by atoms with van der Waals surface area (Å²) in [6, 6.07) is 1.45. The third kappa shape index (κ3) is 4.45. The normalized spacial score (nSPS) is 11.4. The summed E-state index contributed by atoms with van der Waals surface area (Å²) in [4.78, 5) is 24.7. The number of carbonyl (C=O) groups is 2. The molecule has 29 heavy (non-hydrogen) atoms. The van der Waals surface area contributed by atoms with Crippen LogP contribution in [-0.2, 0) is 25.9 Å². The van der Waals surface area contributed by atoms with E-state index in [2.05, 4.69) is 9.84 Å². The molecular formula is C19H23ClN2O6S. The minimum atomic E-state index is -3.51. The van der Waals surface area contributed by atoms with E-state index in [0.717, 1.165) is 0 Å². The van der Waals surface area contributed by atoms with Gasteiger partial charge in [0.25, 0.3) is 0 Å². The van der Waals surface area contributed by atoms with Crippen molar-refractivity contribution in [1.29, 1.82) is 0 Å². The van der Waals surface area contributed by atoms with Crippen molar-refractivity contribution in [3.05, 3.63) is 39.5 Å². The molecule has 8 nitrogen and oxygen atoms in total. The number of ketones is 1. The van der Waals surface area contributed by atoms with E-state index in [1.807, 2.05) is 0 Å². The van der Waals surface area contributed by atoms with Crippen molar-refractivity contribution in [1.82, 2.24) is 9.78 Å². The number of esters is 1. The van der Waals surface area contributed by atoms with Crippen LogP contribution in [0.1, 0.15) is 40.9 Å². The Labute approximate surface area is 174 Å². The van der Waals surface area contributed by atoms with Crippen LogP contribution in [0.2, 0.25) is 5.02 Å². The highest BCUT2D eigenvalue weighted by Crippen LogP contribution is 2.33. The second-order valence-electron chi connectivity index (χ2n) is 6.29. The predicted molar refractivity (Wildman–Crippen MR) is 107 cm³/mol. The third-order valence-corrected chi connectivity index (χ3v) is 6.95. The molecular weight excluding hydrogens is 420 g/mol. The average Bonchev–Trinajstić information content (AvgIpc) is 3.10. The zero-order chi connectivity index (χ0) is 21.9. The molecule has 0 aliphatic carbocycles. The fourth-order valence-electron chi connectivity index (χ4n) is 2.97. The second kappa shape index (κ2) is 8.96. The summed E-state index contributed by atoms with van der Waals surface area (Å²) in [5.74, 6) is -1.06. The second-order valence-corrected chi connectivity index (χ2v) is 8.88. The first kappa shape index (κ1) is 22.9. The lowest BCUT2D eigenvalue weighted by Gasteiger charge is -2.15. The van der Waals surface area contributed by atoms with Gasteiger partial charge in [0.2, 0.25) is 11.7 Å². The third-order valence-electron chi connectivity index (χ3n) is 4.45. The molecule has 0 atom stereocenters. The van der Waals surface area contributed by atoms with Gasteiger partial charge in [-0.25, -0.2) is 17.9 Å². The van der Waals surface area contributed by atoms with Crippen molar-refractivity contribution in [3.8, 4) is 5.88 Å². The minimum absolute atomic E-state index is 0.0517. The van der Waals surface area contributed by atoms with Gasteiger partial charge >= 0.3 is 5.97 Å². The van der Waals surface area contributed by atoms with Crippen LogP contribution in [0.15, 0.2) is 17.2 Å². The Bertz CT molecular complexity index is 1060. The fourth-order valence-corrected chi connectivity index (χ4v) is 4.67. The average molecular weight is 443 g/mol. The van der Waals surface area contributed by atoms with Gasteiger partial charge < -0.3 is 9.47 Å². The van der Waals surface area contributed by atoms with Crippen LogP contribution in [0.5, 0.6) is 5.88 Å².